The van der Waals surface area contributed by atoms with Gasteiger partial charge in [-0.25, -0.2) is 13.1 Å². The minimum Gasteiger partial charge on any atom is -0.337 e. The number of halogens is 1. The van der Waals surface area contributed by atoms with Crippen LogP contribution in [-0.4, -0.2) is 32.3 Å². The summed E-state index contributed by atoms with van der Waals surface area (Å²) in [7, 11) is -3.59. The van der Waals surface area contributed by atoms with Crippen molar-refractivity contribution in [3.63, 3.8) is 0 Å². The van der Waals surface area contributed by atoms with Crippen molar-refractivity contribution < 1.29 is 13.2 Å². The maximum Gasteiger partial charge on any atom is 0.240 e. The number of hydrogen-bond acceptors (Lipinski definition) is 3. The molecule has 0 radical (unpaired) electrons. The van der Waals surface area contributed by atoms with E-state index in [1.54, 1.807) is 41.3 Å². The Hall–Kier alpha value is -1.89. The fourth-order valence-corrected chi connectivity index (χ4v) is 3.61. The molecule has 0 spiro atoms. The maximum atomic E-state index is 12.3. The van der Waals surface area contributed by atoms with Crippen LogP contribution < -0.4 is 4.72 Å². The van der Waals surface area contributed by atoms with Crippen molar-refractivity contribution in [2.24, 2.45) is 0 Å². The first-order valence-corrected chi connectivity index (χ1v) is 10.3. The number of carbonyl (C=O) groups excluding carboxylic acids is 1. The number of hydrogen-bond donors (Lipinski definition) is 1. The molecule has 0 aromatic heterocycles. The van der Waals surface area contributed by atoms with Gasteiger partial charge >= 0.3 is 0 Å². The first-order chi connectivity index (χ1) is 12.3. The Kier molecular flexibility index (Phi) is 7.20. The monoisotopic (exact) mass is 394 g/mol. The minimum atomic E-state index is -3.59. The van der Waals surface area contributed by atoms with Crippen LogP contribution in [0.1, 0.15) is 25.0 Å². The average molecular weight is 395 g/mol. The maximum absolute atomic E-state index is 12.3. The molecular weight excluding hydrogens is 372 g/mol. The smallest absolute Gasteiger partial charge is 0.240 e. The van der Waals surface area contributed by atoms with Gasteiger partial charge in [0.05, 0.1) is 4.90 Å². The predicted octanol–water partition coefficient (Wildman–Crippen LogP) is 3.23. The van der Waals surface area contributed by atoms with Crippen molar-refractivity contribution >= 4 is 27.5 Å². The number of nitrogens with zero attached hydrogens (tertiary/aromatic N) is 1. The molecule has 0 aliphatic carbocycles. The van der Waals surface area contributed by atoms with Crippen molar-refractivity contribution in [1.82, 2.24) is 9.62 Å². The van der Waals surface area contributed by atoms with Gasteiger partial charge in [0.25, 0.3) is 0 Å². The summed E-state index contributed by atoms with van der Waals surface area (Å²) >= 11 is 5.86. The number of sulfonamides is 1. The zero-order valence-corrected chi connectivity index (χ0v) is 16.5. The highest BCUT2D eigenvalue weighted by Crippen LogP contribution is 2.13. The van der Waals surface area contributed by atoms with E-state index in [1.807, 2.05) is 19.1 Å². The van der Waals surface area contributed by atoms with Gasteiger partial charge in [-0.2, -0.15) is 0 Å². The molecular formula is C19H23ClN2O3S. The largest absolute Gasteiger partial charge is 0.337 e. The van der Waals surface area contributed by atoms with Gasteiger partial charge in [-0.15, -0.1) is 0 Å². The van der Waals surface area contributed by atoms with E-state index >= 15 is 0 Å². The first kappa shape index (κ1) is 20.4. The highest BCUT2D eigenvalue weighted by Gasteiger charge is 2.15. The number of nitrogens with one attached hydrogen (secondary N) is 1. The first-order valence-electron chi connectivity index (χ1n) is 8.40. The Morgan fingerprint density at radius 2 is 1.62 bits per heavy atom. The van der Waals surface area contributed by atoms with Crippen LogP contribution >= 0.6 is 11.6 Å². The molecule has 0 saturated carbocycles. The van der Waals surface area contributed by atoms with Crippen molar-refractivity contribution in [3.05, 3.63) is 64.7 Å². The molecule has 1 N–H and O–H groups in total. The summed E-state index contributed by atoms with van der Waals surface area (Å²) in [5.41, 5.74) is 2.01. The van der Waals surface area contributed by atoms with Crippen LogP contribution in [0.2, 0.25) is 5.02 Å². The van der Waals surface area contributed by atoms with Gasteiger partial charge in [0.2, 0.25) is 15.9 Å². The van der Waals surface area contributed by atoms with Crippen molar-refractivity contribution in [2.75, 3.05) is 13.1 Å². The highest BCUT2D eigenvalue weighted by atomic mass is 35.5. The summed E-state index contributed by atoms with van der Waals surface area (Å²) in [5.74, 6) is -0.119. The SMILES string of the molecule is CCc1ccc(S(=O)(=O)NCCN(Cc2ccc(Cl)cc2)C(C)=O)cc1. The van der Waals surface area contributed by atoms with Crippen LogP contribution in [-0.2, 0) is 27.8 Å². The number of rotatable bonds is 8. The van der Waals surface area contributed by atoms with E-state index in [2.05, 4.69) is 4.72 Å². The quantitative estimate of drug-likeness (QED) is 0.747. The van der Waals surface area contributed by atoms with E-state index in [0.29, 0.717) is 11.6 Å². The zero-order chi connectivity index (χ0) is 19.2. The highest BCUT2D eigenvalue weighted by molar-refractivity contribution is 7.89. The van der Waals surface area contributed by atoms with E-state index < -0.39 is 10.0 Å². The van der Waals surface area contributed by atoms with Crippen molar-refractivity contribution in [2.45, 2.75) is 31.7 Å². The summed E-state index contributed by atoms with van der Waals surface area (Å²) in [4.78, 5) is 13.6. The minimum absolute atomic E-state index is 0.119. The second-order valence-electron chi connectivity index (χ2n) is 5.96. The Bertz CT molecular complexity index is 834. The summed E-state index contributed by atoms with van der Waals surface area (Å²) in [6.45, 7) is 4.31. The van der Waals surface area contributed by atoms with E-state index in [0.717, 1.165) is 17.5 Å². The molecule has 2 aromatic rings. The van der Waals surface area contributed by atoms with E-state index in [9.17, 15) is 13.2 Å². The van der Waals surface area contributed by atoms with Crippen LogP contribution in [0.4, 0.5) is 0 Å². The standard InChI is InChI=1S/C19H23ClN2O3S/c1-3-16-6-10-19(11-7-16)26(24,25)21-12-13-22(15(2)23)14-17-4-8-18(20)9-5-17/h4-11,21H,3,12-14H2,1-2H3. The van der Waals surface area contributed by atoms with E-state index in [1.165, 1.54) is 6.92 Å². The molecule has 5 nitrogen and oxygen atoms in total. The summed E-state index contributed by atoms with van der Waals surface area (Å²) in [5, 5.41) is 0.630. The van der Waals surface area contributed by atoms with Crippen molar-refractivity contribution in [1.29, 1.82) is 0 Å². The van der Waals surface area contributed by atoms with Crippen LogP contribution in [0, 0.1) is 0 Å². The molecule has 0 unspecified atom stereocenters. The molecule has 0 aliphatic heterocycles. The van der Waals surface area contributed by atoms with E-state index in [4.69, 9.17) is 11.6 Å². The van der Waals surface area contributed by atoms with Crippen LogP contribution in [0.15, 0.2) is 53.4 Å². The van der Waals surface area contributed by atoms with Gasteiger partial charge in [0.15, 0.2) is 0 Å². The van der Waals surface area contributed by atoms with E-state index in [-0.39, 0.29) is 23.9 Å². The molecule has 140 valence electrons. The molecule has 0 fully saturated rings. The predicted molar refractivity (Wildman–Crippen MR) is 104 cm³/mol. The lowest BCUT2D eigenvalue weighted by molar-refractivity contribution is -0.129. The molecule has 1 amide bonds. The topological polar surface area (TPSA) is 66.5 Å². The molecule has 0 bridgehead atoms. The normalized spacial score (nSPS) is 11.3. The molecule has 2 rings (SSSR count). The van der Waals surface area contributed by atoms with Crippen molar-refractivity contribution in [3.8, 4) is 0 Å². The van der Waals surface area contributed by atoms with Gasteiger partial charge in [0.1, 0.15) is 0 Å². The average Bonchev–Trinajstić information content (AvgIpc) is 2.62. The molecule has 7 heteroatoms. The lowest BCUT2D eigenvalue weighted by Crippen LogP contribution is -2.37. The molecule has 0 atom stereocenters. The van der Waals surface area contributed by atoms with Crippen LogP contribution in [0.3, 0.4) is 0 Å². The fraction of sp³-hybridized carbons (Fsp3) is 0.316. The number of carbonyl (C=O) groups is 1. The lowest BCUT2D eigenvalue weighted by atomic mass is 10.2. The lowest BCUT2D eigenvalue weighted by Gasteiger charge is -2.21. The molecule has 0 aliphatic rings. The zero-order valence-electron chi connectivity index (χ0n) is 14.9. The number of amides is 1. The second kappa shape index (κ2) is 9.16. The summed E-state index contributed by atoms with van der Waals surface area (Å²) in [6.07, 6.45) is 0.853. The van der Waals surface area contributed by atoms with Gasteiger partial charge in [-0.05, 0) is 41.8 Å². The molecule has 26 heavy (non-hydrogen) atoms. The third-order valence-electron chi connectivity index (χ3n) is 4.05. The third kappa shape index (κ3) is 5.83. The van der Waals surface area contributed by atoms with Crippen LogP contribution in [0.25, 0.3) is 0 Å². The Morgan fingerprint density at radius 1 is 1.04 bits per heavy atom. The Morgan fingerprint density at radius 3 is 2.15 bits per heavy atom. The molecule has 0 heterocycles. The van der Waals surface area contributed by atoms with Gasteiger partial charge in [0, 0.05) is 31.6 Å². The third-order valence-corrected chi connectivity index (χ3v) is 5.78. The molecule has 2 aromatic carbocycles. The summed E-state index contributed by atoms with van der Waals surface area (Å²) < 4.78 is 27.2. The van der Waals surface area contributed by atoms with Gasteiger partial charge in [-0.1, -0.05) is 42.8 Å². The van der Waals surface area contributed by atoms with Gasteiger partial charge in [-0.3, -0.25) is 4.79 Å². The number of aryl methyl sites for hydroxylation is 1. The van der Waals surface area contributed by atoms with Crippen LogP contribution in [0.5, 0.6) is 0 Å². The number of benzene rings is 2. The fourth-order valence-electron chi connectivity index (χ4n) is 2.46. The van der Waals surface area contributed by atoms with Gasteiger partial charge < -0.3 is 4.90 Å². The Balaban J connectivity index is 1.95. The Labute approximate surface area is 160 Å². The summed E-state index contributed by atoms with van der Waals surface area (Å²) in [6, 6.07) is 14.0. The second-order valence-corrected chi connectivity index (χ2v) is 8.17. The molecule has 0 saturated heterocycles.